The van der Waals surface area contributed by atoms with E-state index in [0.717, 1.165) is 16.7 Å². The third-order valence-corrected chi connectivity index (χ3v) is 12.2. The van der Waals surface area contributed by atoms with Crippen LogP contribution in [0, 0.1) is 5.92 Å². The van der Waals surface area contributed by atoms with Crippen LogP contribution in [-0.2, 0) is 17.6 Å². The van der Waals surface area contributed by atoms with Gasteiger partial charge in [0.15, 0.2) is 5.78 Å². The van der Waals surface area contributed by atoms with E-state index in [9.17, 15) is 45.6 Å². The Hall–Kier alpha value is -7.21. The summed E-state index contributed by atoms with van der Waals surface area (Å²) in [5.74, 6) is -2.79. The molecule has 0 saturated carbocycles. The number of phenolic OH excluding ortho intramolecular Hbond substituents is 7. The van der Waals surface area contributed by atoms with Crippen LogP contribution in [0.3, 0.4) is 0 Å². The van der Waals surface area contributed by atoms with Crippen molar-refractivity contribution in [2.75, 3.05) is 7.11 Å². The summed E-state index contributed by atoms with van der Waals surface area (Å²) in [6, 6.07) is 34.8. The number of ketones is 1. The van der Waals surface area contributed by atoms with E-state index >= 15 is 0 Å². The summed E-state index contributed by atoms with van der Waals surface area (Å²) in [5.41, 5.74) is 3.99. The van der Waals surface area contributed by atoms with Crippen LogP contribution in [0.5, 0.6) is 46.0 Å². The van der Waals surface area contributed by atoms with Gasteiger partial charge in [-0.15, -0.1) is 0 Å². The molecule has 0 radical (unpaired) electrons. The molecule has 0 unspecified atom stereocenters. The molecule has 0 bridgehead atoms. The number of aryl methyl sites for hydroxylation is 2. The molecule has 11 heteroatoms. The molecule has 0 spiro atoms. The van der Waals surface area contributed by atoms with Crippen molar-refractivity contribution in [1.29, 1.82) is 0 Å². The van der Waals surface area contributed by atoms with Gasteiger partial charge < -0.3 is 50.3 Å². The zero-order chi connectivity index (χ0) is 46.0. The maximum atomic E-state index is 14.1. The first-order chi connectivity index (χ1) is 31.4. The van der Waals surface area contributed by atoms with E-state index in [-0.39, 0.29) is 64.2 Å². The monoisotopic (exact) mass is 878 g/mol. The van der Waals surface area contributed by atoms with Crippen LogP contribution < -0.4 is 4.74 Å². The van der Waals surface area contributed by atoms with Crippen molar-refractivity contribution in [3.8, 4) is 46.0 Å². The van der Waals surface area contributed by atoms with E-state index in [4.69, 9.17) is 9.47 Å². The minimum Gasteiger partial charge on any atom is -0.508 e. The maximum absolute atomic E-state index is 14.1. The van der Waals surface area contributed by atoms with E-state index in [1.54, 1.807) is 91.0 Å². The number of hydrogen-bond donors (Lipinski definition) is 8. The van der Waals surface area contributed by atoms with Crippen molar-refractivity contribution in [3.63, 3.8) is 0 Å². The highest BCUT2D eigenvalue weighted by molar-refractivity contribution is 6.11. The fourth-order valence-corrected chi connectivity index (χ4v) is 8.80. The second-order valence-corrected chi connectivity index (χ2v) is 16.6. The summed E-state index contributed by atoms with van der Waals surface area (Å²) < 4.78 is 12.7. The summed E-state index contributed by atoms with van der Waals surface area (Å²) >= 11 is 0. The molecule has 0 aliphatic carbocycles. The average molecular weight is 879 g/mol. The van der Waals surface area contributed by atoms with Crippen LogP contribution >= 0.6 is 0 Å². The molecule has 1 aliphatic heterocycles. The van der Waals surface area contributed by atoms with Crippen molar-refractivity contribution in [2.24, 2.45) is 5.92 Å². The Morgan fingerprint density at radius 1 is 0.723 bits per heavy atom. The number of phenols is 7. The lowest BCUT2D eigenvalue weighted by molar-refractivity contribution is -0.103. The highest BCUT2D eigenvalue weighted by Gasteiger charge is 2.46. The van der Waals surface area contributed by atoms with Crippen molar-refractivity contribution >= 4 is 11.9 Å². The van der Waals surface area contributed by atoms with Gasteiger partial charge in [0.2, 0.25) is 0 Å². The molecular weight excluding hydrogens is 825 g/mol. The number of carbonyl (C=O) groups is 1. The molecule has 11 nitrogen and oxygen atoms in total. The molecule has 7 rings (SSSR count). The van der Waals surface area contributed by atoms with Crippen LogP contribution in [0.15, 0.2) is 146 Å². The summed E-state index contributed by atoms with van der Waals surface area (Å²) in [6.45, 7) is 0. The van der Waals surface area contributed by atoms with E-state index in [1.807, 2.05) is 36.4 Å². The number of hydrogen-bond acceptors (Lipinski definition) is 11. The molecule has 65 heavy (non-hydrogen) atoms. The number of aliphatic hydroxyl groups excluding tert-OH is 1. The van der Waals surface area contributed by atoms with Gasteiger partial charge in [-0.3, -0.25) is 4.79 Å². The van der Waals surface area contributed by atoms with Gasteiger partial charge in [-0.25, -0.2) is 0 Å². The lowest BCUT2D eigenvalue weighted by atomic mass is 9.66. The molecule has 6 aromatic carbocycles. The van der Waals surface area contributed by atoms with Crippen LogP contribution in [-0.4, -0.2) is 66.0 Å². The molecule has 6 aromatic rings. The Balaban J connectivity index is 1.34. The Bertz CT molecular complexity index is 2570. The molecule has 1 heterocycles. The Labute approximate surface area is 378 Å². The lowest BCUT2D eigenvalue weighted by Crippen LogP contribution is -2.38. The number of allylic oxidation sites excluding steroid dienone is 2. The zero-order valence-electron chi connectivity index (χ0n) is 35.9. The molecular formula is C54H54O11. The summed E-state index contributed by atoms with van der Waals surface area (Å²) in [6.07, 6.45) is 7.49. The number of ether oxygens (including phenoxy) is 2. The Kier molecular flexibility index (Phi) is 14.8. The molecule has 1 saturated heterocycles. The van der Waals surface area contributed by atoms with Crippen molar-refractivity contribution in [2.45, 2.75) is 68.7 Å². The number of aliphatic hydroxyl groups is 1. The fourth-order valence-electron chi connectivity index (χ4n) is 8.80. The van der Waals surface area contributed by atoms with Gasteiger partial charge in [0, 0.05) is 29.4 Å². The van der Waals surface area contributed by atoms with Crippen LogP contribution in [0.1, 0.15) is 87.4 Å². The molecule has 6 atom stereocenters. The smallest absolute Gasteiger partial charge is 0.193 e. The van der Waals surface area contributed by atoms with E-state index < -0.39 is 47.6 Å². The van der Waals surface area contributed by atoms with Gasteiger partial charge >= 0.3 is 0 Å². The summed E-state index contributed by atoms with van der Waals surface area (Å²) in [7, 11) is 1.34. The van der Waals surface area contributed by atoms with Crippen molar-refractivity contribution in [1.82, 2.24) is 0 Å². The predicted octanol–water partition coefficient (Wildman–Crippen LogP) is 10.1. The molecule has 0 aromatic heterocycles. The SMILES string of the molecule is COc1cc(O)c([C@@H]2C[C@H](CCc3ccc(O)cc3)O[C@H](c3ccc(O)cc3)[C@H]2[C@H](/C=C/C[C@@H](O)CCc2ccc(O)cc2)c2ccc(O)cc2)c(O)c1C(=O)/C=C/c1ccc(O)cc1. The Morgan fingerprint density at radius 2 is 1.26 bits per heavy atom. The van der Waals surface area contributed by atoms with E-state index in [0.29, 0.717) is 36.8 Å². The van der Waals surface area contributed by atoms with Gasteiger partial charge in [-0.2, -0.15) is 0 Å². The second-order valence-electron chi connectivity index (χ2n) is 16.6. The topological polar surface area (TPSA) is 197 Å². The fraction of sp³-hybridized carbons (Fsp3) is 0.241. The number of carbonyl (C=O) groups excluding carboxylic acids is 1. The van der Waals surface area contributed by atoms with Crippen LogP contribution in [0.2, 0.25) is 0 Å². The quantitative estimate of drug-likeness (QED) is 0.0247. The third-order valence-electron chi connectivity index (χ3n) is 12.2. The maximum Gasteiger partial charge on any atom is 0.193 e. The van der Waals surface area contributed by atoms with Crippen LogP contribution in [0.4, 0.5) is 0 Å². The highest BCUT2D eigenvalue weighted by Crippen LogP contribution is 2.57. The number of aromatic hydroxyl groups is 7. The summed E-state index contributed by atoms with van der Waals surface area (Å²) in [5, 5.41) is 86.0. The van der Waals surface area contributed by atoms with Crippen molar-refractivity contribution in [3.05, 3.63) is 185 Å². The largest absolute Gasteiger partial charge is 0.508 e. The first kappa shape index (κ1) is 45.8. The van der Waals surface area contributed by atoms with Gasteiger partial charge in [-0.1, -0.05) is 78.9 Å². The van der Waals surface area contributed by atoms with Gasteiger partial charge in [-0.05, 0) is 133 Å². The first-order valence-electron chi connectivity index (χ1n) is 21.6. The van der Waals surface area contributed by atoms with Gasteiger partial charge in [0.05, 0.1) is 25.4 Å². The number of benzene rings is 6. The van der Waals surface area contributed by atoms with Crippen molar-refractivity contribution < 1.29 is 55.1 Å². The number of rotatable bonds is 17. The standard InChI is InChI=1S/C54H54O11/c1-64-49-32-48(62)51(53(63)52(49)47(61)30-13-35-10-23-41(58)24-11-35)46-31-44(29-12-34-8-21-40(57)22-9-34)65-54(37-16-27-43(60)28-17-37)50(46)45(36-14-25-42(59)26-15-36)4-2-3-38(55)18-5-33-6-19-39(56)20-7-33/h2,4,6-11,13-17,19-28,30,32,38,44-46,50,54-60,62-63H,3,5,12,18,29,31H2,1H3/b4-2+,30-13+/t38-,44+,45-,46-,50+,54-/m1/s1. The molecule has 1 fully saturated rings. The van der Waals surface area contributed by atoms with E-state index in [1.165, 1.54) is 31.4 Å². The molecule has 0 amide bonds. The first-order valence-corrected chi connectivity index (χ1v) is 21.6. The normalized spacial score (nSPS) is 18.4. The molecule has 1 aliphatic rings. The van der Waals surface area contributed by atoms with E-state index in [2.05, 4.69) is 0 Å². The Morgan fingerprint density at radius 3 is 1.85 bits per heavy atom. The zero-order valence-corrected chi connectivity index (χ0v) is 35.9. The minimum atomic E-state index is -0.739. The minimum absolute atomic E-state index is 0.0389. The third kappa shape index (κ3) is 11.5. The molecule has 8 N–H and O–H groups in total. The predicted molar refractivity (Wildman–Crippen MR) is 248 cm³/mol. The summed E-state index contributed by atoms with van der Waals surface area (Å²) in [4.78, 5) is 14.1. The molecule has 336 valence electrons. The van der Waals surface area contributed by atoms with Gasteiger partial charge in [0.25, 0.3) is 0 Å². The lowest BCUT2D eigenvalue weighted by Gasteiger charge is -2.46. The van der Waals surface area contributed by atoms with Gasteiger partial charge in [0.1, 0.15) is 51.6 Å². The number of methoxy groups -OCH3 is 1. The highest BCUT2D eigenvalue weighted by atomic mass is 16.5. The average Bonchev–Trinajstić information content (AvgIpc) is 3.30. The van der Waals surface area contributed by atoms with Crippen LogP contribution in [0.25, 0.3) is 6.08 Å². The second kappa shape index (κ2) is 21.0.